The van der Waals surface area contributed by atoms with E-state index in [0.717, 1.165) is 17.3 Å². The summed E-state index contributed by atoms with van der Waals surface area (Å²) in [5, 5.41) is 3.11. The highest BCUT2D eigenvalue weighted by Gasteiger charge is 2.33. The highest BCUT2D eigenvalue weighted by Crippen LogP contribution is 2.26. The van der Waals surface area contributed by atoms with E-state index in [9.17, 15) is 4.79 Å². The van der Waals surface area contributed by atoms with Crippen LogP contribution in [0, 0.1) is 0 Å². The fourth-order valence-electron chi connectivity index (χ4n) is 2.93. The summed E-state index contributed by atoms with van der Waals surface area (Å²) in [4.78, 5) is 12.0. The second-order valence-corrected chi connectivity index (χ2v) is 6.13. The second-order valence-electron chi connectivity index (χ2n) is 6.13. The van der Waals surface area contributed by atoms with Crippen molar-refractivity contribution < 1.29 is 9.28 Å². The lowest BCUT2D eigenvalue weighted by Gasteiger charge is -2.35. The van der Waals surface area contributed by atoms with Crippen LogP contribution in [0.15, 0.2) is 0 Å². The molecule has 0 radical (unpaired) electrons. The van der Waals surface area contributed by atoms with Gasteiger partial charge in [-0.05, 0) is 39.0 Å². The summed E-state index contributed by atoms with van der Waals surface area (Å²) in [6.07, 6.45) is 7.43. The molecule has 0 unspecified atom stereocenters. The van der Waals surface area contributed by atoms with Gasteiger partial charge in [0.05, 0.1) is 20.1 Å². The van der Waals surface area contributed by atoms with Gasteiger partial charge in [0.2, 0.25) is 0 Å². The van der Waals surface area contributed by atoms with Crippen molar-refractivity contribution >= 4 is 5.91 Å². The van der Waals surface area contributed by atoms with E-state index < -0.39 is 0 Å². The number of carbonyl (C=O) groups is 1. The summed E-state index contributed by atoms with van der Waals surface area (Å²) in [7, 11) is 4.39. The molecule has 100 valence electrons. The van der Waals surface area contributed by atoms with E-state index in [1.165, 1.54) is 25.7 Å². The standard InChI is InChI=1S/C14H28N2O/c1-5-8-12(2)15-14(17)11-16(3,4)13-9-6-7-10-13/h12-13H,5-11H2,1-4H3/p+1/t12-/m0/s1. The second kappa shape index (κ2) is 6.39. The third kappa shape index (κ3) is 4.66. The topological polar surface area (TPSA) is 29.1 Å². The van der Waals surface area contributed by atoms with Crippen LogP contribution >= 0.6 is 0 Å². The molecule has 0 aromatic carbocycles. The smallest absolute Gasteiger partial charge is 0.275 e. The van der Waals surface area contributed by atoms with Gasteiger partial charge in [-0.25, -0.2) is 0 Å². The van der Waals surface area contributed by atoms with Gasteiger partial charge >= 0.3 is 0 Å². The zero-order valence-electron chi connectivity index (χ0n) is 12.0. The molecule has 1 rings (SSSR count). The molecule has 3 nitrogen and oxygen atoms in total. The van der Waals surface area contributed by atoms with Gasteiger partial charge in [0.15, 0.2) is 6.54 Å². The van der Waals surface area contributed by atoms with Crippen molar-refractivity contribution in [2.45, 2.75) is 64.5 Å². The normalized spacial score (nSPS) is 19.3. The zero-order valence-corrected chi connectivity index (χ0v) is 12.0. The van der Waals surface area contributed by atoms with Crippen molar-refractivity contribution in [1.82, 2.24) is 5.32 Å². The Balaban J connectivity index is 2.38. The Morgan fingerprint density at radius 1 is 1.35 bits per heavy atom. The molecule has 0 bridgehead atoms. The average molecular weight is 241 g/mol. The number of hydrogen-bond acceptors (Lipinski definition) is 1. The van der Waals surface area contributed by atoms with Crippen LogP contribution in [-0.2, 0) is 4.79 Å². The summed E-state index contributed by atoms with van der Waals surface area (Å²) in [6, 6.07) is 0.998. The van der Waals surface area contributed by atoms with E-state index in [0.29, 0.717) is 18.6 Å². The Kier molecular flexibility index (Phi) is 5.44. The lowest BCUT2D eigenvalue weighted by atomic mass is 10.1. The Bertz CT molecular complexity index is 245. The van der Waals surface area contributed by atoms with Crippen molar-refractivity contribution in [3.8, 4) is 0 Å². The first-order chi connectivity index (χ1) is 7.95. The number of likely N-dealkylation sites (N-methyl/N-ethyl adjacent to an activating group) is 1. The third-order valence-corrected chi connectivity index (χ3v) is 3.99. The Morgan fingerprint density at radius 3 is 2.47 bits per heavy atom. The monoisotopic (exact) mass is 241 g/mol. The number of amides is 1. The maximum atomic E-state index is 12.0. The van der Waals surface area contributed by atoms with E-state index >= 15 is 0 Å². The van der Waals surface area contributed by atoms with Gasteiger partial charge in [-0.1, -0.05) is 13.3 Å². The maximum Gasteiger partial charge on any atom is 0.275 e. The molecule has 0 aromatic rings. The summed E-state index contributed by atoms with van der Waals surface area (Å²) in [5.41, 5.74) is 0. The molecular formula is C14H29N2O+. The largest absolute Gasteiger partial charge is 0.349 e. The number of quaternary nitrogens is 1. The van der Waals surface area contributed by atoms with Gasteiger partial charge in [0, 0.05) is 6.04 Å². The molecule has 1 fully saturated rings. The van der Waals surface area contributed by atoms with Gasteiger partial charge in [0.25, 0.3) is 5.91 Å². The molecule has 0 aliphatic heterocycles. The molecule has 0 spiro atoms. The van der Waals surface area contributed by atoms with Gasteiger partial charge in [-0.15, -0.1) is 0 Å². The molecule has 1 aliphatic carbocycles. The Hall–Kier alpha value is -0.570. The minimum absolute atomic E-state index is 0.211. The highest BCUT2D eigenvalue weighted by atomic mass is 16.2. The van der Waals surface area contributed by atoms with Crippen LogP contribution in [-0.4, -0.2) is 43.1 Å². The third-order valence-electron chi connectivity index (χ3n) is 3.99. The molecule has 0 heterocycles. The molecule has 1 saturated carbocycles. The lowest BCUT2D eigenvalue weighted by Crippen LogP contribution is -2.53. The number of nitrogens with zero attached hydrogens (tertiary/aromatic N) is 1. The van der Waals surface area contributed by atoms with Crippen molar-refractivity contribution in [2.24, 2.45) is 0 Å². The molecule has 1 N–H and O–H groups in total. The van der Waals surface area contributed by atoms with Crippen LogP contribution in [0.4, 0.5) is 0 Å². The van der Waals surface area contributed by atoms with Crippen LogP contribution in [0.2, 0.25) is 0 Å². The first-order valence-electron chi connectivity index (χ1n) is 7.07. The molecular weight excluding hydrogens is 212 g/mol. The fourth-order valence-corrected chi connectivity index (χ4v) is 2.93. The molecule has 17 heavy (non-hydrogen) atoms. The summed E-state index contributed by atoms with van der Waals surface area (Å²) < 4.78 is 0.852. The van der Waals surface area contributed by atoms with Crippen molar-refractivity contribution in [3.05, 3.63) is 0 Å². The number of carbonyl (C=O) groups excluding carboxylic acids is 1. The minimum atomic E-state index is 0.211. The number of nitrogens with one attached hydrogen (secondary N) is 1. The van der Waals surface area contributed by atoms with E-state index in [2.05, 4.69) is 33.3 Å². The van der Waals surface area contributed by atoms with Crippen LogP contribution in [0.1, 0.15) is 52.4 Å². The predicted octanol–water partition coefficient (Wildman–Crippen LogP) is 2.31. The van der Waals surface area contributed by atoms with E-state index in [-0.39, 0.29) is 5.91 Å². The molecule has 1 aliphatic rings. The van der Waals surface area contributed by atoms with E-state index in [1.807, 2.05) is 0 Å². The Morgan fingerprint density at radius 2 is 1.94 bits per heavy atom. The van der Waals surface area contributed by atoms with Crippen molar-refractivity contribution in [1.29, 1.82) is 0 Å². The van der Waals surface area contributed by atoms with Gasteiger partial charge in [-0.2, -0.15) is 0 Å². The predicted molar refractivity (Wildman–Crippen MR) is 71.7 cm³/mol. The number of rotatable bonds is 6. The summed E-state index contributed by atoms with van der Waals surface area (Å²) in [6.45, 7) is 4.87. The Labute approximate surface area is 106 Å². The van der Waals surface area contributed by atoms with Gasteiger partial charge in [-0.3, -0.25) is 4.79 Å². The first kappa shape index (κ1) is 14.5. The molecule has 3 heteroatoms. The quantitative estimate of drug-likeness (QED) is 0.710. The van der Waals surface area contributed by atoms with Gasteiger partial charge < -0.3 is 9.80 Å². The SMILES string of the molecule is CCC[C@H](C)NC(=O)C[N+](C)(C)C1CCCC1. The molecule has 1 amide bonds. The van der Waals surface area contributed by atoms with Crippen molar-refractivity contribution in [2.75, 3.05) is 20.6 Å². The highest BCUT2D eigenvalue weighted by molar-refractivity contribution is 5.77. The molecule has 1 atom stereocenters. The van der Waals surface area contributed by atoms with Crippen LogP contribution in [0.3, 0.4) is 0 Å². The summed E-state index contributed by atoms with van der Waals surface area (Å²) in [5.74, 6) is 0.211. The van der Waals surface area contributed by atoms with Crippen LogP contribution < -0.4 is 5.32 Å². The molecule has 0 saturated heterocycles. The van der Waals surface area contributed by atoms with Crippen LogP contribution in [0.25, 0.3) is 0 Å². The first-order valence-corrected chi connectivity index (χ1v) is 7.07. The minimum Gasteiger partial charge on any atom is -0.349 e. The molecule has 0 aromatic heterocycles. The van der Waals surface area contributed by atoms with Gasteiger partial charge in [0.1, 0.15) is 0 Å². The van der Waals surface area contributed by atoms with Crippen molar-refractivity contribution in [3.63, 3.8) is 0 Å². The lowest BCUT2D eigenvalue weighted by molar-refractivity contribution is -0.906. The summed E-state index contributed by atoms with van der Waals surface area (Å²) >= 11 is 0. The van der Waals surface area contributed by atoms with Crippen LogP contribution in [0.5, 0.6) is 0 Å². The average Bonchev–Trinajstić information content (AvgIpc) is 2.69. The van der Waals surface area contributed by atoms with E-state index in [1.54, 1.807) is 0 Å². The zero-order chi connectivity index (χ0) is 12.9. The number of hydrogen-bond donors (Lipinski definition) is 1. The van der Waals surface area contributed by atoms with E-state index in [4.69, 9.17) is 0 Å². The fraction of sp³-hybridized carbons (Fsp3) is 0.929. The maximum absolute atomic E-state index is 12.0.